The molecule has 0 aliphatic carbocycles. The van der Waals surface area contributed by atoms with Crippen molar-refractivity contribution >= 4 is 11.6 Å². The summed E-state index contributed by atoms with van der Waals surface area (Å²) < 4.78 is 5.28. The molecule has 3 N–H and O–H groups in total. The van der Waals surface area contributed by atoms with Crippen LogP contribution in [0, 0.1) is 5.92 Å². The van der Waals surface area contributed by atoms with Crippen LogP contribution in [0.15, 0.2) is 18.2 Å². The zero-order valence-electron chi connectivity index (χ0n) is 8.07. The lowest BCUT2D eigenvalue weighted by Gasteiger charge is -2.09. The van der Waals surface area contributed by atoms with E-state index in [1.807, 2.05) is 12.1 Å². The van der Waals surface area contributed by atoms with Gasteiger partial charge in [0.05, 0.1) is 6.61 Å². The minimum Gasteiger partial charge on any atom is -0.384 e. The fraction of sp³-hybridized carbons (Fsp3) is 0.500. The zero-order chi connectivity index (χ0) is 9.80. The highest BCUT2D eigenvalue weighted by molar-refractivity contribution is 5.42. The Morgan fingerprint density at radius 2 is 2.50 bits per heavy atom. The van der Waals surface area contributed by atoms with Crippen LogP contribution in [-0.2, 0) is 4.74 Å². The van der Waals surface area contributed by atoms with Crippen molar-refractivity contribution in [2.75, 3.05) is 30.8 Å². The summed E-state index contributed by atoms with van der Waals surface area (Å²) in [6, 6.07) is 5.60. The Kier molecular flexibility index (Phi) is 2.84. The summed E-state index contributed by atoms with van der Waals surface area (Å²) in [6.45, 7) is 2.66. The van der Waals surface area contributed by atoms with E-state index in [1.54, 1.807) is 6.07 Å². The van der Waals surface area contributed by atoms with Crippen molar-refractivity contribution in [3.8, 4) is 0 Å². The van der Waals surface area contributed by atoms with Crippen LogP contribution in [-0.4, -0.2) is 24.7 Å². The molecular formula is C10H15N3O. The Balaban J connectivity index is 1.85. The van der Waals surface area contributed by atoms with Gasteiger partial charge in [0.25, 0.3) is 0 Å². The van der Waals surface area contributed by atoms with Crippen LogP contribution in [0.1, 0.15) is 6.42 Å². The summed E-state index contributed by atoms with van der Waals surface area (Å²) >= 11 is 0. The quantitative estimate of drug-likeness (QED) is 0.755. The highest BCUT2D eigenvalue weighted by Gasteiger charge is 2.14. The van der Waals surface area contributed by atoms with Gasteiger partial charge >= 0.3 is 0 Å². The van der Waals surface area contributed by atoms with Gasteiger partial charge in [0, 0.05) is 19.1 Å². The molecule has 1 aliphatic heterocycles. The van der Waals surface area contributed by atoms with Crippen molar-refractivity contribution in [2.24, 2.45) is 5.92 Å². The average molecular weight is 193 g/mol. The lowest BCUT2D eigenvalue weighted by atomic mass is 10.1. The Labute approximate surface area is 83.5 Å². The molecule has 1 atom stereocenters. The second-order valence-corrected chi connectivity index (χ2v) is 3.56. The molecule has 0 bridgehead atoms. The van der Waals surface area contributed by atoms with Gasteiger partial charge in [0.1, 0.15) is 11.6 Å². The maximum absolute atomic E-state index is 5.57. The van der Waals surface area contributed by atoms with Gasteiger partial charge in [-0.25, -0.2) is 4.98 Å². The summed E-state index contributed by atoms with van der Waals surface area (Å²) in [5, 5.41) is 3.26. The van der Waals surface area contributed by atoms with Gasteiger partial charge < -0.3 is 15.8 Å². The molecule has 1 aromatic rings. The molecule has 1 saturated heterocycles. The fourth-order valence-corrected chi connectivity index (χ4v) is 1.54. The molecule has 4 heteroatoms. The van der Waals surface area contributed by atoms with Crippen LogP contribution in [0.4, 0.5) is 11.6 Å². The summed E-state index contributed by atoms with van der Waals surface area (Å²) in [6.07, 6.45) is 1.13. The average Bonchev–Trinajstić information content (AvgIpc) is 2.67. The van der Waals surface area contributed by atoms with Gasteiger partial charge in [-0.1, -0.05) is 6.07 Å². The van der Waals surface area contributed by atoms with Crippen LogP contribution in [0.2, 0.25) is 0 Å². The number of hydrogen-bond donors (Lipinski definition) is 2. The molecule has 1 unspecified atom stereocenters. The van der Waals surface area contributed by atoms with E-state index in [1.165, 1.54) is 0 Å². The first-order valence-corrected chi connectivity index (χ1v) is 4.89. The van der Waals surface area contributed by atoms with E-state index in [2.05, 4.69) is 10.3 Å². The summed E-state index contributed by atoms with van der Waals surface area (Å²) in [5.41, 5.74) is 5.57. The second kappa shape index (κ2) is 4.28. The first-order chi connectivity index (χ1) is 6.84. The standard InChI is InChI=1S/C10H15N3O/c11-9-2-1-3-10(13-9)12-6-8-4-5-14-7-8/h1-3,8H,4-7H2,(H3,11,12,13). The first kappa shape index (κ1) is 9.27. The Morgan fingerprint density at radius 1 is 1.57 bits per heavy atom. The molecule has 76 valence electrons. The number of nitrogens with one attached hydrogen (secondary N) is 1. The zero-order valence-corrected chi connectivity index (χ0v) is 8.07. The topological polar surface area (TPSA) is 60.2 Å². The van der Waals surface area contributed by atoms with Crippen molar-refractivity contribution in [2.45, 2.75) is 6.42 Å². The van der Waals surface area contributed by atoms with E-state index >= 15 is 0 Å². The molecule has 0 radical (unpaired) electrons. The number of nitrogens with zero attached hydrogens (tertiary/aromatic N) is 1. The number of hydrogen-bond acceptors (Lipinski definition) is 4. The van der Waals surface area contributed by atoms with Gasteiger partial charge in [-0.15, -0.1) is 0 Å². The Bertz CT molecular complexity index is 297. The van der Waals surface area contributed by atoms with Gasteiger partial charge in [-0.2, -0.15) is 0 Å². The lowest BCUT2D eigenvalue weighted by molar-refractivity contribution is 0.187. The van der Waals surface area contributed by atoms with E-state index < -0.39 is 0 Å². The predicted molar refractivity (Wildman–Crippen MR) is 56.1 cm³/mol. The maximum Gasteiger partial charge on any atom is 0.128 e. The number of anilines is 2. The van der Waals surface area contributed by atoms with Crippen LogP contribution < -0.4 is 11.1 Å². The normalized spacial score (nSPS) is 21.0. The van der Waals surface area contributed by atoms with Crippen molar-refractivity contribution < 1.29 is 4.74 Å². The fourth-order valence-electron chi connectivity index (χ4n) is 1.54. The SMILES string of the molecule is Nc1cccc(NCC2CCOC2)n1. The number of nitrogen functional groups attached to an aromatic ring is 1. The molecule has 0 aromatic carbocycles. The van der Waals surface area contributed by atoms with Crippen LogP contribution >= 0.6 is 0 Å². The molecule has 1 fully saturated rings. The lowest BCUT2D eigenvalue weighted by Crippen LogP contribution is -2.14. The van der Waals surface area contributed by atoms with E-state index in [0.717, 1.165) is 32.0 Å². The number of nitrogens with two attached hydrogens (primary N) is 1. The molecular weight excluding hydrogens is 178 g/mol. The molecule has 1 aliphatic rings. The largest absolute Gasteiger partial charge is 0.384 e. The van der Waals surface area contributed by atoms with Gasteiger partial charge in [-0.05, 0) is 18.6 Å². The van der Waals surface area contributed by atoms with Gasteiger partial charge in [-0.3, -0.25) is 0 Å². The molecule has 2 rings (SSSR count). The number of aromatic nitrogens is 1. The number of ether oxygens (including phenoxy) is 1. The molecule has 0 spiro atoms. The van der Waals surface area contributed by atoms with E-state index in [0.29, 0.717) is 11.7 Å². The van der Waals surface area contributed by atoms with E-state index in [9.17, 15) is 0 Å². The molecule has 1 aromatic heterocycles. The first-order valence-electron chi connectivity index (χ1n) is 4.89. The van der Waals surface area contributed by atoms with Crippen LogP contribution in [0.3, 0.4) is 0 Å². The number of rotatable bonds is 3. The third kappa shape index (κ3) is 2.35. The van der Waals surface area contributed by atoms with Crippen molar-refractivity contribution in [3.05, 3.63) is 18.2 Å². The summed E-state index contributed by atoms with van der Waals surface area (Å²) in [5.74, 6) is 2.01. The summed E-state index contributed by atoms with van der Waals surface area (Å²) in [4.78, 5) is 4.16. The highest BCUT2D eigenvalue weighted by Crippen LogP contribution is 2.13. The third-order valence-corrected chi connectivity index (χ3v) is 2.37. The predicted octanol–water partition coefficient (Wildman–Crippen LogP) is 1.11. The molecule has 2 heterocycles. The van der Waals surface area contributed by atoms with Gasteiger partial charge in [0.15, 0.2) is 0 Å². The Hall–Kier alpha value is -1.29. The highest BCUT2D eigenvalue weighted by atomic mass is 16.5. The second-order valence-electron chi connectivity index (χ2n) is 3.56. The van der Waals surface area contributed by atoms with Crippen molar-refractivity contribution in [1.29, 1.82) is 0 Å². The van der Waals surface area contributed by atoms with Gasteiger partial charge in [0.2, 0.25) is 0 Å². The Morgan fingerprint density at radius 3 is 3.21 bits per heavy atom. The van der Waals surface area contributed by atoms with E-state index in [-0.39, 0.29) is 0 Å². The molecule has 0 saturated carbocycles. The monoisotopic (exact) mass is 193 g/mol. The van der Waals surface area contributed by atoms with Crippen LogP contribution in [0.5, 0.6) is 0 Å². The maximum atomic E-state index is 5.57. The molecule has 4 nitrogen and oxygen atoms in total. The number of pyridine rings is 1. The van der Waals surface area contributed by atoms with Crippen LogP contribution in [0.25, 0.3) is 0 Å². The van der Waals surface area contributed by atoms with Crippen molar-refractivity contribution in [1.82, 2.24) is 4.98 Å². The molecule has 0 amide bonds. The molecule has 14 heavy (non-hydrogen) atoms. The third-order valence-electron chi connectivity index (χ3n) is 2.37. The van der Waals surface area contributed by atoms with Crippen molar-refractivity contribution in [3.63, 3.8) is 0 Å². The minimum atomic E-state index is 0.553. The van der Waals surface area contributed by atoms with E-state index in [4.69, 9.17) is 10.5 Å². The smallest absolute Gasteiger partial charge is 0.128 e. The summed E-state index contributed by atoms with van der Waals surface area (Å²) in [7, 11) is 0. The minimum absolute atomic E-state index is 0.553.